The van der Waals surface area contributed by atoms with Gasteiger partial charge in [0.05, 0.1) is 36.3 Å². The van der Waals surface area contributed by atoms with Crippen LogP contribution in [-0.4, -0.2) is 60.9 Å². The molecule has 1 saturated carbocycles. The second kappa shape index (κ2) is 17.2. The van der Waals surface area contributed by atoms with Gasteiger partial charge in [-0.1, -0.05) is 78.3 Å². The lowest BCUT2D eigenvalue weighted by atomic mass is 9.69. The van der Waals surface area contributed by atoms with Gasteiger partial charge in [0.25, 0.3) is 0 Å². The van der Waals surface area contributed by atoms with E-state index >= 15 is 0 Å². The fraction of sp³-hybridized carbons (Fsp3) is 0.643. The van der Waals surface area contributed by atoms with Crippen LogP contribution in [0.1, 0.15) is 115 Å². The molecule has 1 unspecified atom stereocenters. The minimum Gasteiger partial charge on any atom is -0.490 e. The molecule has 2 aliphatic carbocycles. The first-order valence-electron chi connectivity index (χ1n) is 19.8. The zero-order valence-corrected chi connectivity index (χ0v) is 35.8. The molecule has 1 fully saturated rings. The van der Waals surface area contributed by atoms with Crippen LogP contribution in [0.25, 0.3) is 0 Å². The summed E-state index contributed by atoms with van der Waals surface area (Å²) in [6, 6.07) is 11.9. The number of fused-ring (bicyclic) bond motifs is 3. The maximum atomic E-state index is 12.7. The van der Waals surface area contributed by atoms with Crippen LogP contribution in [0.5, 0.6) is 5.75 Å². The summed E-state index contributed by atoms with van der Waals surface area (Å²) in [4.78, 5) is 15.2. The molecule has 0 radical (unpaired) electrons. The number of sulfonamides is 1. The Labute approximate surface area is 325 Å². The van der Waals surface area contributed by atoms with E-state index in [1.165, 1.54) is 18.2 Å². The summed E-state index contributed by atoms with van der Waals surface area (Å²) >= 11 is 6.47. The quantitative estimate of drug-likeness (QED) is 0.109. The van der Waals surface area contributed by atoms with E-state index in [2.05, 4.69) is 70.7 Å². The molecule has 0 aromatic heterocycles. The Kier molecular flexibility index (Phi) is 13.6. The number of primary sulfonamides is 1. The summed E-state index contributed by atoms with van der Waals surface area (Å²) < 4.78 is 43.9. The lowest BCUT2D eigenvalue weighted by Crippen LogP contribution is -2.50. The van der Waals surface area contributed by atoms with E-state index in [0.29, 0.717) is 59.9 Å². The van der Waals surface area contributed by atoms with Crippen molar-refractivity contribution in [2.45, 2.75) is 133 Å². The molecule has 53 heavy (non-hydrogen) atoms. The van der Waals surface area contributed by atoms with Gasteiger partial charge in [0, 0.05) is 23.5 Å². The van der Waals surface area contributed by atoms with Gasteiger partial charge in [-0.25, -0.2) is 18.4 Å². The first kappa shape index (κ1) is 41.8. The second-order valence-electron chi connectivity index (χ2n) is 16.8. The molecular weight excluding hydrogens is 724 g/mol. The van der Waals surface area contributed by atoms with Gasteiger partial charge < -0.3 is 18.8 Å². The van der Waals surface area contributed by atoms with Crippen molar-refractivity contribution in [3.8, 4) is 5.75 Å². The SMILES string of the molecule is CC[C@H](CC[C@H](/C=C/[C@@H]1CC[C@H]1CN1CC2(CCCc3cc(Cl)ccc32)COc2ccc(C(=O)OC)cc21)O[Si](C(C)C)(C(C)C)C(C)C)S(N)(=O)=O. The molecule has 1 aliphatic heterocycles. The Morgan fingerprint density at radius 3 is 2.40 bits per heavy atom. The molecular formula is C42H63ClN2O6SSi. The third kappa shape index (κ3) is 9.03. The summed E-state index contributed by atoms with van der Waals surface area (Å²) in [7, 11) is -4.48. The Morgan fingerprint density at radius 2 is 1.79 bits per heavy atom. The molecule has 2 N–H and O–H groups in total. The van der Waals surface area contributed by atoms with Crippen LogP contribution in [0, 0.1) is 11.8 Å². The number of carbonyl (C=O) groups excluding carboxylic acids is 1. The average molecular weight is 788 g/mol. The number of esters is 1. The minimum absolute atomic E-state index is 0.185. The van der Waals surface area contributed by atoms with E-state index in [1.54, 1.807) is 6.07 Å². The lowest BCUT2D eigenvalue weighted by molar-refractivity contribution is 0.0600. The highest BCUT2D eigenvalue weighted by molar-refractivity contribution is 7.89. The fourth-order valence-electron chi connectivity index (χ4n) is 9.80. The van der Waals surface area contributed by atoms with Crippen LogP contribution < -0.4 is 14.8 Å². The number of benzene rings is 2. The van der Waals surface area contributed by atoms with E-state index in [-0.39, 0.29) is 17.5 Å². The number of carbonyl (C=O) groups is 1. The fourth-order valence-corrected chi connectivity index (χ4v) is 16.5. The predicted octanol–water partition coefficient (Wildman–Crippen LogP) is 9.59. The van der Waals surface area contributed by atoms with Gasteiger partial charge in [0.1, 0.15) is 5.75 Å². The standard InChI is InChI=1S/C42H63ClN2O6SSi/c1-9-37(52(44,47)48)19-18-36(51-53(28(2)3,29(4)5)30(6)7)17-14-31-12-13-34(31)25-45-26-42(22-10-11-32-23-35(43)16-20-38(32)42)27-50-40-21-15-33(24-39(40)45)41(46)49-8/h14-17,20-21,23-24,28-31,34,36-37H,9-13,18-19,22,25-27H2,1-8H3,(H2,44,47,48)/b17-14+/t31-,34-,36-,37+,42?/m0/s1. The first-order chi connectivity index (χ1) is 25.0. The van der Waals surface area contributed by atoms with Gasteiger partial charge in [-0.3, -0.25) is 0 Å². The minimum atomic E-state index is -3.64. The maximum Gasteiger partial charge on any atom is 0.337 e. The third-order valence-corrected chi connectivity index (χ3v) is 20.6. The Hall–Kier alpha value is -2.37. The highest BCUT2D eigenvalue weighted by Gasteiger charge is 2.47. The van der Waals surface area contributed by atoms with E-state index in [0.717, 1.165) is 61.7 Å². The number of hydrogen-bond donors (Lipinski definition) is 1. The molecule has 5 atom stereocenters. The number of hydrogen-bond acceptors (Lipinski definition) is 7. The number of allylic oxidation sites excluding steroid dienone is 1. The van der Waals surface area contributed by atoms with Crippen molar-refractivity contribution in [1.82, 2.24) is 0 Å². The zero-order chi connectivity index (χ0) is 38.7. The van der Waals surface area contributed by atoms with E-state index < -0.39 is 23.6 Å². The van der Waals surface area contributed by atoms with Gasteiger partial charge >= 0.3 is 5.97 Å². The predicted molar refractivity (Wildman–Crippen MR) is 219 cm³/mol. The van der Waals surface area contributed by atoms with Crippen molar-refractivity contribution in [3.63, 3.8) is 0 Å². The molecule has 8 nitrogen and oxygen atoms in total. The van der Waals surface area contributed by atoms with Crippen molar-refractivity contribution >= 4 is 41.6 Å². The smallest absolute Gasteiger partial charge is 0.337 e. The first-order valence-corrected chi connectivity index (χ1v) is 23.9. The van der Waals surface area contributed by atoms with Crippen LogP contribution in [0.4, 0.5) is 5.69 Å². The molecule has 2 aromatic rings. The summed E-state index contributed by atoms with van der Waals surface area (Å²) in [6.45, 7) is 17.8. The number of rotatable bonds is 15. The van der Waals surface area contributed by atoms with Gasteiger partial charge in [0.2, 0.25) is 18.3 Å². The van der Waals surface area contributed by atoms with Crippen molar-refractivity contribution in [2.24, 2.45) is 17.0 Å². The summed E-state index contributed by atoms with van der Waals surface area (Å²) in [5.74, 6) is 1.16. The Balaban J connectivity index is 1.45. The molecule has 2 aromatic carbocycles. The second-order valence-corrected chi connectivity index (χ2v) is 24.5. The average Bonchev–Trinajstić information content (AvgIpc) is 3.24. The van der Waals surface area contributed by atoms with E-state index in [9.17, 15) is 13.2 Å². The molecule has 1 heterocycles. The molecule has 5 rings (SSSR count). The highest BCUT2D eigenvalue weighted by atomic mass is 35.5. The van der Waals surface area contributed by atoms with Crippen LogP contribution in [0.15, 0.2) is 48.6 Å². The number of methoxy groups -OCH3 is 1. The number of halogens is 1. The van der Waals surface area contributed by atoms with Crippen molar-refractivity contribution in [2.75, 3.05) is 31.7 Å². The lowest BCUT2D eigenvalue weighted by Gasteiger charge is -2.45. The summed E-state index contributed by atoms with van der Waals surface area (Å²) in [5, 5.41) is 5.82. The molecule has 3 aliphatic rings. The Bertz CT molecular complexity index is 1710. The molecule has 11 heteroatoms. The monoisotopic (exact) mass is 786 g/mol. The topological polar surface area (TPSA) is 108 Å². The van der Waals surface area contributed by atoms with E-state index in [1.807, 2.05) is 25.1 Å². The number of ether oxygens (including phenoxy) is 2. The van der Waals surface area contributed by atoms with Crippen LogP contribution in [-0.2, 0) is 31.0 Å². The third-order valence-electron chi connectivity index (χ3n) is 12.7. The van der Waals surface area contributed by atoms with Gasteiger partial charge in [-0.05, 0) is 121 Å². The van der Waals surface area contributed by atoms with Gasteiger partial charge in [0.15, 0.2) is 0 Å². The maximum absolute atomic E-state index is 12.7. The zero-order valence-electron chi connectivity index (χ0n) is 33.2. The van der Waals surface area contributed by atoms with E-state index in [4.69, 9.17) is 30.6 Å². The van der Waals surface area contributed by atoms with Crippen molar-refractivity contribution < 1.29 is 27.1 Å². The largest absolute Gasteiger partial charge is 0.490 e. The number of nitrogens with zero attached hydrogens (tertiary/aromatic N) is 1. The van der Waals surface area contributed by atoms with Crippen LogP contribution >= 0.6 is 11.6 Å². The van der Waals surface area contributed by atoms with Gasteiger partial charge in [-0.2, -0.15) is 0 Å². The van der Waals surface area contributed by atoms with Gasteiger partial charge in [-0.15, -0.1) is 0 Å². The number of aryl methyl sites for hydroxylation is 1. The molecule has 294 valence electrons. The highest BCUT2D eigenvalue weighted by Crippen LogP contribution is 2.47. The van der Waals surface area contributed by atoms with Crippen LogP contribution in [0.3, 0.4) is 0 Å². The molecule has 0 amide bonds. The molecule has 1 spiro atoms. The summed E-state index contributed by atoms with van der Waals surface area (Å²) in [6.07, 6.45) is 11.2. The summed E-state index contributed by atoms with van der Waals surface area (Å²) in [5.41, 5.74) is 5.04. The van der Waals surface area contributed by atoms with Crippen molar-refractivity contribution in [1.29, 1.82) is 0 Å². The number of anilines is 1. The normalized spacial score (nSPS) is 23.1. The van der Waals surface area contributed by atoms with Crippen LogP contribution in [0.2, 0.25) is 21.6 Å². The molecule has 0 bridgehead atoms. The Morgan fingerprint density at radius 1 is 1.08 bits per heavy atom. The number of nitrogens with two attached hydrogens (primary N) is 1. The molecule has 0 saturated heterocycles. The van der Waals surface area contributed by atoms with Crippen molar-refractivity contribution in [3.05, 3.63) is 70.3 Å².